The Kier molecular flexibility index (Phi) is 2.95. The number of benzene rings is 1. The summed E-state index contributed by atoms with van der Waals surface area (Å²) in [7, 11) is 1.63. The van der Waals surface area contributed by atoms with E-state index in [0.29, 0.717) is 17.1 Å². The van der Waals surface area contributed by atoms with E-state index in [1.54, 1.807) is 18.0 Å². The van der Waals surface area contributed by atoms with Crippen molar-refractivity contribution < 1.29 is 9.15 Å². The third kappa shape index (κ3) is 2.03. The van der Waals surface area contributed by atoms with Crippen molar-refractivity contribution in [3.05, 3.63) is 48.4 Å². The molecule has 0 fully saturated rings. The number of hydrogen-bond donors (Lipinski definition) is 1. The third-order valence-corrected chi connectivity index (χ3v) is 3.05. The van der Waals surface area contributed by atoms with Crippen LogP contribution in [0.25, 0.3) is 17.1 Å². The lowest BCUT2D eigenvalue weighted by Crippen LogP contribution is -1.98. The minimum Gasteiger partial charge on any atom is -0.494 e. The predicted octanol–water partition coefficient (Wildman–Crippen LogP) is 3.03. The summed E-state index contributed by atoms with van der Waals surface area (Å²) in [5.74, 6) is 2.22. The van der Waals surface area contributed by atoms with Gasteiger partial charge < -0.3 is 14.9 Å². The largest absolute Gasteiger partial charge is 0.494 e. The van der Waals surface area contributed by atoms with Gasteiger partial charge >= 0.3 is 0 Å². The third-order valence-electron chi connectivity index (χ3n) is 3.05. The number of para-hydroxylation sites is 2. The van der Waals surface area contributed by atoms with Gasteiger partial charge in [0.15, 0.2) is 11.5 Å². The number of hydrogen-bond acceptors (Lipinski definition) is 4. The fraction of sp³-hybridized carbons (Fsp3) is 0.133. The van der Waals surface area contributed by atoms with Gasteiger partial charge in [-0.3, -0.25) is 0 Å². The van der Waals surface area contributed by atoms with Crippen molar-refractivity contribution in [2.45, 2.75) is 6.92 Å². The van der Waals surface area contributed by atoms with E-state index >= 15 is 0 Å². The van der Waals surface area contributed by atoms with Crippen LogP contribution in [-0.4, -0.2) is 16.9 Å². The van der Waals surface area contributed by atoms with Gasteiger partial charge in [-0.15, -0.1) is 0 Å². The van der Waals surface area contributed by atoms with Crippen molar-refractivity contribution in [1.82, 2.24) is 9.78 Å². The molecule has 102 valence electrons. The lowest BCUT2D eigenvalue weighted by atomic mass is 10.3. The zero-order chi connectivity index (χ0) is 14.1. The summed E-state index contributed by atoms with van der Waals surface area (Å²) >= 11 is 0. The number of nitrogens with zero attached hydrogens (tertiary/aromatic N) is 2. The monoisotopic (exact) mass is 269 g/mol. The molecule has 2 aromatic heterocycles. The molecule has 0 aliphatic heterocycles. The van der Waals surface area contributed by atoms with Crippen LogP contribution in [0.2, 0.25) is 0 Å². The SMILES string of the molecule is COc1ccccc1-n1cc(N)c(-c2ccc(C)o2)n1. The molecule has 0 aliphatic rings. The fourth-order valence-corrected chi connectivity index (χ4v) is 2.08. The van der Waals surface area contributed by atoms with E-state index in [1.807, 2.05) is 43.3 Å². The minimum absolute atomic E-state index is 0.560. The van der Waals surface area contributed by atoms with Crippen LogP contribution in [0.15, 0.2) is 47.0 Å². The minimum atomic E-state index is 0.560. The van der Waals surface area contributed by atoms with Crippen molar-refractivity contribution in [1.29, 1.82) is 0 Å². The zero-order valence-electron chi connectivity index (χ0n) is 11.3. The van der Waals surface area contributed by atoms with E-state index in [4.69, 9.17) is 14.9 Å². The molecule has 2 heterocycles. The Morgan fingerprint density at radius 3 is 2.70 bits per heavy atom. The highest BCUT2D eigenvalue weighted by Crippen LogP contribution is 2.29. The molecule has 2 N–H and O–H groups in total. The molecule has 0 atom stereocenters. The van der Waals surface area contributed by atoms with Crippen molar-refractivity contribution in [3.63, 3.8) is 0 Å². The molecule has 0 unspecified atom stereocenters. The summed E-state index contributed by atoms with van der Waals surface area (Å²) in [5.41, 5.74) is 8.05. The Balaban J connectivity index is 2.09. The van der Waals surface area contributed by atoms with Gasteiger partial charge in [0.1, 0.15) is 17.2 Å². The van der Waals surface area contributed by atoms with E-state index in [-0.39, 0.29) is 0 Å². The Bertz CT molecular complexity index is 743. The molecule has 0 saturated heterocycles. The van der Waals surface area contributed by atoms with Crippen LogP contribution in [0, 0.1) is 6.92 Å². The fourth-order valence-electron chi connectivity index (χ4n) is 2.08. The first-order valence-electron chi connectivity index (χ1n) is 6.24. The molecule has 1 aromatic carbocycles. The number of anilines is 1. The number of nitrogens with two attached hydrogens (primary N) is 1. The first-order chi connectivity index (χ1) is 9.69. The standard InChI is InChI=1S/C15H15N3O2/c1-10-7-8-14(20-10)15-11(16)9-18(17-15)12-5-3-4-6-13(12)19-2/h3-9H,16H2,1-2H3. The molecule has 0 spiro atoms. The molecule has 5 nitrogen and oxygen atoms in total. The Morgan fingerprint density at radius 1 is 1.20 bits per heavy atom. The molecule has 0 radical (unpaired) electrons. The summed E-state index contributed by atoms with van der Waals surface area (Å²) in [6.45, 7) is 1.89. The molecule has 0 bridgehead atoms. The van der Waals surface area contributed by atoms with E-state index in [0.717, 1.165) is 17.2 Å². The van der Waals surface area contributed by atoms with Crippen LogP contribution < -0.4 is 10.5 Å². The van der Waals surface area contributed by atoms with Gasteiger partial charge in [-0.25, -0.2) is 4.68 Å². The van der Waals surface area contributed by atoms with Crippen molar-refractivity contribution in [3.8, 4) is 22.9 Å². The second kappa shape index (κ2) is 4.77. The highest BCUT2D eigenvalue weighted by atomic mass is 16.5. The summed E-state index contributed by atoms with van der Waals surface area (Å²) in [6.07, 6.45) is 1.76. The number of methoxy groups -OCH3 is 1. The van der Waals surface area contributed by atoms with Crippen LogP contribution >= 0.6 is 0 Å². The molecule has 3 rings (SSSR count). The smallest absolute Gasteiger partial charge is 0.156 e. The van der Waals surface area contributed by atoms with Crippen molar-refractivity contribution >= 4 is 5.69 Å². The lowest BCUT2D eigenvalue weighted by molar-refractivity contribution is 0.411. The number of furan rings is 1. The molecular formula is C15H15N3O2. The quantitative estimate of drug-likeness (QED) is 0.793. The van der Waals surface area contributed by atoms with Gasteiger partial charge in [-0.05, 0) is 31.2 Å². The van der Waals surface area contributed by atoms with Gasteiger partial charge in [-0.1, -0.05) is 12.1 Å². The highest BCUT2D eigenvalue weighted by molar-refractivity contribution is 5.69. The van der Waals surface area contributed by atoms with E-state index in [9.17, 15) is 0 Å². The molecular weight excluding hydrogens is 254 g/mol. The maximum Gasteiger partial charge on any atom is 0.156 e. The molecule has 20 heavy (non-hydrogen) atoms. The normalized spacial score (nSPS) is 10.7. The second-order valence-electron chi connectivity index (χ2n) is 4.46. The van der Waals surface area contributed by atoms with Crippen LogP contribution in [0.3, 0.4) is 0 Å². The summed E-state index contributed by atoms with van der Waals surface area (Å²) < 4.78 is 12.6. The Labute approximate surface area is 116 Å². The van der Waals surface area contributed by atoms with Crippen LogP contribution in [-0.2, 0) is 0 Å². The molecule has 0 aliphatic carbocycles. The zero-order valence-corrected chi connectivity index (χ0v) is 11.3. The van der Waals surface area contributed by atoms with E-state index < -0.39 is 0 Å². The van der Waals surface area contributed by atoms with Gasteiger partial charge in [0.25, 0.3) is 0 Å². The summed E-state index contributed by atoms with van der Waals surface area (Å²) in [5, 5.41) is 4.49. The number of ether oxygens (including phenoxy) is 1. The molecule has 0 amide bonds. The van der Waals surface area contributed by atoms with Crippen LogP contribution in [0.5, 0.6) is 5.75 Å². The Hall–Kier alpha value is -2.69. The first-order valence-corrected chi connectivity index (χ1v) is 6.24. The van der Waals surface area contributed by atoms with Crippen molar-refractivity contribution in [2.75, 3.05) is 12.8 Å². The summed E-state index contributed by atoms with van der Waals surface area (Å²) in [4.78, 5) is 0. The molecule has 0 saturated carbocycles. The lowest BCUT2D eigenvalue weighted by Gasteiger charge is -2.07. The maximum atomic E-state index is 6.03. The van der Waals surface area contributed by atoms with Crippen molar-refractivity contribution in [2.24, 2.45) is 0 Å². The summed E-state index contributed by atoms with van der Waals surface area (Å²) in [6, 6.07) is 11.4. The van der Waals surface area contributed by atoms with Crippen LogP contribution in [0.4, 0.5) is 5.69 Å². The van der Waals surface area contributed by atoms with Gasteiger partial charge in [0.2, 0.25) is 0 Å². The predicted molar refractivity (Wildman–Crippen MR) is 77.0 cm³/mol. The average Bonchev–Trinajstić information content (AvgIpc) is 3.04. The van der Waals surface area contributed by atoms with Crippen LogP contribution in [0.1, 0.15) is 5.76 Å². The van der Waals surface area contributed by atoms with E-state index in [2.05, 4.69) is 5.10 Å². The highest BCUT2D eigenvalue weighted by Gasteiger charge is 2.14. The number of aryl methyl sites for hydroxylation is 1. The molecule has 3 aromatic rings. The first kappa shape index (κ1) is 12.3. The van der Waals surface area contributed by atoms with E-state index in [1.165, 1.54) is 0 Å². The van der Waals surface area contributed by atoms with Gasteiger partial charge in [0.05, 0.1) is 19.0 Å². The number of rotatable bonds is 3. The topological polar surface area (TPSA) is 66.2 Å². The van der Waals surface area contributed by atoms with Gasteiger partial charge in [0, 0.05) is 0 Å². The second-order valence-corrected chi connectivity index (χ2v) is 4.46. The Morgan fingerprint density at radius 2 is 2.00 bits per heavy atom. The number of nitrogen functional groups attached to an aromatic ring is 1. The number of aromatic nitrogens is 2. The maximum absolute atomic E-state index is 6.03. The average molecular weight is 269 g/mol. The van der Waals surface area contributed by atoms with Gasteiger partial charge in [-0.2, -0.15) is 5.10 Å². The molecule has 5 heteroatoms.